The molecule has 0 saturated heterocycles. The monoisotopic (exact) mass is 620 g/mol. The summed E-state index contributed by atoms with van der Waals surface area (Å²) in [7, 11) is -3.48. The molecule has 0 aliphatic rings. The Bertz CT molecular complexity index is 1130. The Morgan fingerprint density at radius 2 is 1.05 bits per heavy atom. The summed E-state index contributed by atoms with van der Waals surface area (Å²) in [6, 6.07) is 10.4. The number of aromatic carboxylic acids is 1. The lowest BCUT2D eigenvalue weighted by atomic mass is 10.0. The molecular weight excluding hydrogens is 568 g/mol. The van der Waals surface area contributed by atoms with Crippen LogP contribution in [0.4, 0.5) is 0 Å². The number of carboxylic acids is 1. The Hall–Kier alpha value is -2.78. The van der Waals surface area contributed by atoms with Gasteiger partial charge in [-0.25, -0.2) is 13.2 Å². The predicted molar refractivity (Wildman–Crippen MR) is 170 cm³/mol. The number of hydrogen-bond acceptors (Lipinski definition) is 7. The van der Waals surface area contributed by atoms with Gasteiger partial charge in [0.1, 0.15) is 22.8 Å². The van der Waals surface area contributed by atoms with Crippen molar-refractivity contribution in [2.75, 3.05) is 25.6 Å². The van der Waals surface area contributed by atoms with Gasteiger partial charge in [-0.05, 0) is 55.7 Å². The van der Waals surface area contributed by atoms with Gasteiger partial charge < -0.3 is 24.8 Å². The lowest BCUT2D eigenvalue weighted by molar-refractivity contribution is 0.0693. The van der Waals surface area contributed by atoms with Gasteiger partial charge in [0, 0.05) is 12.7 Å². The van der Waals surface area contributed by atoms with Gasteiger partial charge in [-0.1, -0.05) is 89.9 Å². The number of rotatable bonds is 26. The van der Waals surface area contributed by atoms with Crippen molar-refractivity contribution >= 4 is 15.8 Å². The molecule has 242 valence electrons. The van der Waals surface area contributed by atoms with Gasteiger partial charge in [0.25, 0.3) is 0 Å². The van der Waals surface area contributed by atoms with E-state index in [2.05, 4.69) is 0 Å². The number of carboxylic acid groups (broad SMARTS) is 1. The largest absolute Gasteiger partial charge is 0.507 e. The summed E-state index contributed by atoms with van der Waals surface area (Å²) in [4.78, 5) is 11.2. The van der Waals surface area contributed by atoms with E-state index in [0.717, 1.165) is 19.3 Å². The molecule has 2 aromatic carbocycles. The van der Waals surface area contributed by atoms with Crippen molar-refractivity contribution in [1.29, 1.82) is 0 Å². The second-order valence-electron chi connectivity index (χ2n) is 11.2. The third-order valence-electron chi connectivity index (χ3n) is 7.53. The zero-order valence-electron chi connectivity index (χ0n) is 25.7. The Morgan fingerprint density at radius 3 is 1.53 bits per heavy atom. The third kappa shape index (κ3) is 16.0. The Balaban J connectivity index is 1.47. The van der Waals surface area contributed by atoms with Crippen molar-refractivity contribution in [3.8, 4) is 17.2 Å². The summed E-state index contributed by atoms with van der Waals surface area (Å²) in [5.74, 6) is -0.802. The highest BCUT2D eigenvalue weighted by Gasteiger charge is 2.15. The molecule has 9 heteroatoms. The van der Waals surface area contributed by atoms with Gasteiger partial charge in [0.15, 0.2) is 9.84 Å². The number of hydrogen-bond donors (Lipinski definition) is 3. The zero-order valence-corrected chi connectivity index (χ0v) is 26.5. The van der Waals surface area contributed by atoms with Crippen LogP contribution in [-0.4, -0.2) is 55.3 Å². The van der Waals surface area contributed by atoms with Gasteiger partial charge in [-0.3, -0.25) is 0 Å². The first-order valence-corrected chi connectivity index (χ1v) is 17.7. The molecule has 0 atom stereocenters. The van der Waals surface area contributed by atoms with Crippen LogP contribution in [0.15, 0.2) is 47.4 Å². The number of ether oxygens (including phenoxy) is 2. The van der Waals surface area contributed by atoms with Crippen molar-refractivity contribution in [3.05, 3.63) is 48.0 Å². The van der Waals surface area contributed by atoms with E-state index in [4.69, 9.17) is 19.7 Å². The quantitative estimate of drug-likeness (QED) is 0.0904. The maximum atomic E-state index is 12.7. The number of benzene rings is 2. The Kier molecular flexibility index (Phi) is 18.5. The standard InChI is InChI=1S/C34H52O8S/c35-24-15-13-11-9-7-5-3-1-2-4-6-8-10-12-14-16-25-41-29-18-21-31(22-19-29)43(39,40)27-17-26-42-30-20-23-32(34(37)38)33(36)28-30/h18-23,28,35-36H,1-17,24-27H2,(H,37,38). The fourth-order valence-electron chi connectivity index (χ4n) is 4.96. The van der Waals surface area contributed by atoms with Crippen LogP contribution in [0.1, 0.15) is 120 Å². The smallest absolute Gasteiger partial charge is 0.339 e. The van der Waals surface area contributed by atoms with Crippen LogP contribution < -0.4 is 9.47 Å². The molecule has 8 nitrogen and oxygen atoms in total. The van der Waals surface area contributed by atoms with E-state index < -0.39 is 21.6 Å². The molecule has 2 rings (SSSR count). The molecule has 0 spiro atoms. The summed E-state index contributed by atoms with van der Waals surface area (Å²) in [5, 5.41) is 27.5. The van der Waals surface area contributed by atoms with Crippen LogP contribution in [0, 0.1) is 0 Å². The number of aromatic hydroxyl groups is 1. The fourth-order valence-corrected chi connectivity index (χ4v) is 6.25. The average Bonchev–Trinajstić information content (AvgIpc) is 2.99. The van der Waals surface area contributed by atoms with Gasteiger partial charge in [0.05, 0.1) is 23.9 Å². The fraction of sp³-hybridized carbons (Fsp3) is 0.618. The second kappa shape index (κ2) is 21.8. The maximum Gasteiger partial charge on any atom is 0.339 e. The molecule has 43 heavy (non-hydrogen) atoms. The lowest BCUT2D eigenvalue weighted by Gasteiger charge is -2.09. The molecule has 3 N–H and O–H groups in total. The Morgan fingerprint density at radius 1 is 0.605 bits per heavy atom. The molecule has 0 fully saturated rings. The van der Waals surface area contributed by atoms with Crippen LogP contribution in [0.5, 0.6) is 17.2 Å². The van der Waals surface area contributed by atoms with Crippen LogP contribution in [0.25, 0.3) is 0 Å². The first-order valence-electron chi connectivity index (χ1n) is 16.1. The minimum atomic E-state index is -3.48. The summed E-state index contributed by atoms with van der Waals surface area (Å²) >= 11 is 0. The van der Waals surface area contributed by atoms with Gasteiger partial charge in [-0.15, -0.1) is 0 Å². The molecule has 0 aliphatic carbocycles. The zero-order chi connectivity index (χ0) is 31.2. The lowest BCUT2D eigenvalue weighted by Crippen LogP contribution is -2.10. The predicted octanol–water partition coefficient (Wildman–Crippen LogP) is 7.95. The normalized spacial score (nSPS) is 11.5. The molecule has 0 aliphatic heterocycles. The molecular formula is C34H52O8S. The highest BCUT2D eigenvalue weighted by atomic mass is 32.2. The summed E-state index contributed by atoms with van der Waals surface area (Å²) in [6.07, 6.45) is 20.3. The summed E-state index contributed by atoms with van der Waals surface area (Å²) in [5.41, 5.74) is -0.224. The topological polar surface area (TPSA) is 130 Å². The van der Waals surface area contributed by atoms with Gasteiger partial charge >= 0.3 is 5.97 Å². The molecule has 0 heterocycles. The van der Waals surface area contributed by atoms with E-state index in [1.54, 1.807) is 24.3 Å². The number of aliphatic hydroxyl groups is 1. The van der Waals surface area contributed by atoms with Crippen LogP contribution in [0.3, 0.4) is 0 Å². The second-order valence-corrected chi connectivity index (χ2v) is 13.3. The molecule has 0 saturated carbocycles. The number of phenols is 1. The Labute approximate surface area is 258 Å². The van der Waals surface area contributed by atoms with Crippen molar-refractivity contribution in [2.45, 2.75) is 114 Å². The minimum Gasteiger partial charge on any atom is -0.507 e. The molecule has 2 aromatic rings. The first kappa shape index (κ1) is 36.4. The average molecular weight is 621 g/mol. The van der Waals surface area contributed by atoms with E-state index in [1.807, 2.05) is 0 Å². The SMILES string of the molecule is O=C(O)c1ccc(OCCCS(=O)(=O)c2ccc(OCCCCCCCCCCCCCCCCCCO)cc2)cc1O. The number of sulfone groups is 1. The minimum absolute atomic E-state index is 0.0975. The number of aliphatic hydroxyl groups excluding tert-OH is 1. The van der Waals surface area contributed by atoms with E-state index >= 15 is 0 Å². The summed E-state index contributed by atoms with van der Waals surface area (Å²) in [6.45, 7) is 1.06. The van der Waals surface area contributed by atoms with Crippen molar-refractivity contribution in [1.82, 2.24) is 0 Å². The van der Waals surface area contributed by atoms with E-state index in [-0.39, 0.29) is 35.0 Å². The molecule has 0 radical (unpaired) electrons. The van der Waals surface area contributed by atoms with Crippen molar-refractivity contribution in [2.24, 2.45) is 0 Å². The number of unbranched alkanes of at least 4 members (excludes halogenated alkanes) is 15. The maximum absolute atomic E-state index is 12.7. The van der Waals surface area contributed by atoms with Crippen LogP contribution in [0.2, 0.25) is 0 Å². The molecule has 0 bridgehead atoms. The third-order valence-corrected chi connectivity index (χ3v) is 9.35. The van der Waals surface area contributed by atoms with Crippen molar-refractivity contribution < 1.29 is 38.0 Å². The number of carbonyl (C=O) groups is 1. The molecule has 0 aromatic heterocycles. The molecule has 0 unspecified atom stereocenters. The van der Waals surface area contributed by atoms with Gasteiger partial charge in [-0.2, -0.15) is 0 Å². The van der Waals surface area contributed by atoms with E-state index in [9.17, 15) is 18.3 Å². The van der Waals surface area contributed by atoms with E-state index in [1.165, 1.54) is 102 Å². The van der Waals surface area contributed by atoms with Crippen LogP contribution >= 0.6 is 0 Å². The molecule has 0 amide bonds. The van der Waals surface area contributed by atoms with Crippen molar-refractivity contribution in [3.63, 3.8) is 0 Å². The first-order chi connectivity index (χ1) is 20.8. The van der Waals surface area contributed by atoms with E-state index in [0.29, 0.717) is 19.0 Å². The highest BCUT2D eigenvalue weighted by molar-refractivity contribution is 7.91. The van der Waals surface area contributed by atoms with Gasteiger partial charge in [0.2, 0.25) is 0 Å². The highest BCUT2D eigenvalue weighted by Crippen LogP contribution is 2.24. The summed E-state index contributed by atoms with van der Waals surface area (Å²) < 4.78 is 36.6. The van der Waals surface area contributed by atoms with Crippen LogP contribution in [-0.2, 0) is 9.84 Å².